The Morgan fingerprint density at radius 2 is 1.54 bits per heavy atom. The van der Waals surface area contributed by atoms with Crippen molar-refractivity contribution in [1.82, 2.24) is 5.32 Å². The van der Waals surface area contributed by atoms with E-state index in [9.17, 15) is 0 Å². The third-order valence-corrected chi connectivity index (χ3v) is 5.40. The van der Waals surface area contributed by atoms with Crippen LogP contribution in [-0.2, 0) is 15.7 Å². The zero-order valence-corrected chi connectivity index (χ0v) is 15.9. The molecule has 0 bridgehead atoms. The highest BCUT2D eigenvalue weighted by atomic mass is 28.3. The normalized spacial score (nSPS) is 11.8. The van der Waals surface area contributed by atoms with Crippen molar-refractivity contribution >= 4 is 14.2 Å². The first-order valence-electron chi connectivity index (χ1n) is 8.47. The standard InChI is InChI=1S/C20H28NO2Si/c1-20(2,3)22-17-24(19-12-8-5-9-13-19)23-15-14-21-16-18-10-6-4-7-11-18/h4-13,21H,14-17H2,1-3H3. The molecule has 0 atom stereocenters. The van der Waals surface area contributed by atoms with Crippen LogP contribution in [0.1, 0.15) is 26.3 Å². The summed E-state index contributed by atoms with van der Waals surface area (Å²) in [5, 5.41) is 4.69. The Morgan fingerprint density at radius 3 is 2.17 bits per heavy atom. The van der Waals surface area contributed by atoms with Crippen LogP contribution < -0.4 is 10.5 Å². The minimum Gasteiger partial charge on any atom is -0.408 e. The molecule has 0 aliphatic heterocycles. The lowest BCUT2D eigenvalue weighted by atomic mass is 10.2. The van der Waals surface area contributed by atoms with Gasteiger partial charge in [-0.3, -0.25) is 0 Å². The van der Waals surface area contributed by atoms with E-state index in [1.54, 1.807) is 0 Å². The molecule has 0 aliphatic carbocycles. The fraction of sp³-hybridized carbons (Fsp3) is 0.400. The Labute approximate surface area is 147 Å². The van der Waals surface area contributed by atoms with Gasteiger partial charge in [0.25, 0.3) is 9.04 Å². The first-order valence-corrected chi connectivity index (χ1v) is 10.1. The minimum atomic E-state index is -1.16. The quantitative estimate of drug-likeness (QED) is 0.561. The number of hydrogen-bond donors (Lipinski definition) is 1. The molecular weight excluding hydrogens is 314 g/mol. The van der Waals surface area contributed by atoms with Crippen molar-refractivity contribution in [2.24, 2.45) is 0 Å². The van der Waals surface area contributed by atoms with Gasteiger partial charge in [-0.2, -0.15) is 0 Å². The van der Waals surface area contributed by atoms with Crippen molar-refractivity contribution in [3.63, 3.8) is 0 Å². The number of benzene rings is 2. The fourth-order valence-corrected chi connectivity index (χ4v) is 4.08. The van der Waals surface area contributed by atoms with Crippen LogP contribution in [0.5, 0.6) is 0 Å². The second-order valence-electron chi connectivity index (χ2n) is 6.70. The molecule has 1 radical (unpaired) electrons. The van der Waals surface area contributed by atoms with Crippen LogP contribution >= 0.6 is 0 Å². The molecule has 0 saturated carbocycles. The summed E-state index contributed by atoms with van der Waals surface area (Å²) in [6.07, 6.45) is 0.664. The van der Waals surface area contributed by atoms with Gasteiger partial charge >= 0.3 is 0 Å². The van der Waals surface area contributed by atoms with E-state index in [1.165, 1.54) is 10.8 Å². The van der Waals surface area contributed by atoms with Crippen LogP contribution in [0.15, 0.2) is 60.7 Å². The van der Waals surface area contributed by atoms with Gasteiger partial charge in [-0.25, -0.2) is 0 Å². The van der Waals surface area contributed by atoms with Crippen LogP contribution in [0.25, 0.3) is 0 Å². The Balaban J connectivity index is 1.78. The molecule has 0 amide bonds. The van der Waals surface area contributed by atoms with Gasteiger partial charge in [0.15, 0.2) is 0 Å². The number of rotatable bonds is 9. The molecule has 2 rings (SSSR count). The van der Waals surface area contributed by atoms with Gasteiger partial charge in [-0.15, -0.1) is 0 Å². The van der Waals surface area contributed by atoms with Crippen LogP contribution in [-0.4, -0.2) is 34.0 Å². The lowest BCUT2D eigenvalue weighted by Crippen LogP contribution is -2.42. The Kier molecular flexibility index (Phi) is 7.66. The second kappa shape index (κ2) is 9.74. The van der Waals surface area contributed by atoms with Crippen molar-refractivity contribution in [3.05, 3.63) is 66.2 Å². The molecule has 0 aromatic heterocycles. The molecule has 129 valence electrons. The van der Waals surface area contributed by atoms with Crippen LogP contribution in [0.4, 0.5) is 0 Å². The van der Waals surface area contributed by atoms with E-state index in [1.807, 2.05) is 12.1 Å². The molecule has 0 fully saturated rings. The number of nitrogens with one attached hydrogen (secondary N) is 1. The number of hydrogen-bond acceptors (Lipinski definition) is 3. The number of ether oxygens (including phenoxy) is 1. The van der Waals surface area contributed by atoms with E-state index in [4.69, 9.17) is 9.16 Å². The Morgan fingerprint density at radius 1 is 0.917 bits per heavy atom. The van der Waals surface area contributed by atoms with Crippen molar-refractivity contribution < 1.29 is 9.16 Å². The monoisotopic (exact) mass is 342 g/mol. The van der Waals surface area contributed by atoms with E-state index in [2.05, 4.69) is 74.6 Å². The predicted octanol–water partition coefficient (Wildman–Crippen LogP) is 3.05. The summed E-state index contributed by atoms with van der Waals surface area (Å²) < 4.78 is 12.1. The lowest BCUT2D eigenvalue weighted by Gasteiger charge is -2.23. The summed E-state index contributed by atoms with van der Waals surface area (Å²) in [4.78, 5) is 0. The summed E-state index contributed by atoms with van der Waals surface area (Å²) in [6.45, 7) is 8.65. The average Bonchev–Trinajstić information content (AvgIpc) is 2.58. The summed E-state index contributed by atoms with van der Waals surface area (Å²) in [6, 6.07) is 20.9. The first kappa shape index (κ1) is 18.9. The SMILES string of the molecule is CC(C)(C)OC[Si](OCCNCc1ccccc1)c1ccccc1. The van der Waals surface area contributed by atoms with Gasteiger partial charge < -0.3 is 14.5 Å². The van der Waals surface area contributed by atoms with Crippen LogP contribution in [0.3, 0.4) is 0 Å². The minimum absolute atomic E-state index is 0.139. The zero-order valence-electron chi connectivity index (χ0n) is 14.9. The summed E-state index contributed by atoms with van der Waals surface area (Å²) in [7, 11) is -1.16. The zero-order chi connectivity index (χ0) is 17.3. The third kappa shape index (κ3) is 7.40. The van der Waals surface area contributed by atoms with E-state index in [0.29, 0.717) is 12.8 Å². The lowest BCUT2D eigenvalue weighted by molar-refractivity contribution is 0.0185. The van der Waals surface area contributed by atoms with Crippen molar-refractivity contribution in [2.75, 3.05) is 19.4 Å². The van der Waals surface area contributed by atoms with Crippen molar-refractivity contribution in [3.8, 4) is 0 Å². The highest BCUT2D eigenvalue weighted by Gasteiger charge is 2.20. The molecule has 24 heavy (non-hydrogen) atoms. The maximum absolute atomic E-state index is 6.18. The second-order valence-corrected chi connectivity index (χ2v) is 8.70. The summed E-state index contributed by atoms with van der Waals surface area (Å²) in [5.41, 5.74) is 1.15. The van der Waals surface area contributed by atoms with Crippen LogP contribution in [0.2, 0.25) is 0 Å². The van der Waals surface area contributed by atoms with Gasteiger partial charge in [-0.05, 0) is 31.5 Å². The molecule has 0 heterocycles. The highest BCUT2D eigenvalue weighted by Crippen LogP contribution is 2.07. The smallest absolute Gasteiger partial charge is 0.273 e. The Hall–Kier alpha value is -1.46. The summed E-state index contributed by atoms with van der Waals surface area (Å²) >= 11 is 0. The molecule has 0 spiro atoms. The largest absolute Gasteiger partial charge is 0.408 e. The average molecular weight is 343 g/mol. The van der Waals surface area contributed by atoms with Crippen molar-refractivity contribution in [1.29, 1.82) is 0 Å². The van der Waals surface area contributed by atoms with Gasteiger partial charge in [0.2, 0.25) is 0 Å². The predicted molar refractivity (Wildman–Crippen MR) is 102 cm³/mol. The van der Waals surface area contributed by atoms with Gasteiger partial charge in [0.05, 0.1) is 11.8 Å². The van der Waals surface area contributed by atoms with Gasteiger partial charge in [0.1, 0.15) is 0 Å². The molecule has 3 nitrogen and oxygen atoms in total. The molecule has 0 aliphatic rings. The van der Waals surface area contributed by atoms with E-state index in [-0.39, 0.29) is 5.60 Å². The highest BCUT2D eigenvalue weighted by molar-refractivity contribution is 6.67. The van der Waals surface area contributed by atoms with E-state index in [0.717, 1.165) is 13.1 Å². The maximum atomic E-state index is 6.18. The maximum Gasteiger partial charge on any atom is 0.273 e. The van der Waals surface area contributed by atoms with Crippen molar-refractivity contribution in [2.45, 2.75) is 32.9 Å². The van der Waals surface area contributed by atoms with E-state index >= 15 is 0 Å². The molecule has 2 aromatic rings. The van der Waals surface area contributed by atoms with Crippen LogP contribution in [0, 0.1) is 0 Å². The molecular formula is C20H28NO2Si. The third-order valence-electron chi connectivity index (χ3n) is 3.46. The summed E-state index contributed by atoms with van der Waals surface area (Å²) in [5.74, 6) is 0. The first-order chi connectivity index (χ1) is 11.5. The molecule has 1 N–H and O–H groups in total. The van der Waals surface area contributed by atoms with Gasteiger partial charge in [-0.1, -0.05) is 60.7 Å². The molecule has 0 unspecified atom stereocenters. The fourth-order valence-electron chi connectivity index (χ4n) is 2.19. The topological polar surface area (TPSA) is 30.5 Å². The van der Waals surface area contributed by atoms with E-state index < -0.39 is 9.04 Å². The molecule has 2 aromatic carbocycles. The molecule has 0 saturated heterocycles. The van der Waals surface area contributed by atoms with Gasteiger partial charge in [0, 0.05) is 19.7 Å². The molecule has 4 heteroatoms. The Bertz CT molecular complexity index is 569.